The Morgan fingerprint density at radius 1 is 1.07 bits per heavy atom. The van der Waals surface area contributed by atoms with Gasteiger partial charge in [-0.15, -0.1) is 10.2 Å². The minimum atomic E-state index is 0.913. The Morgan fingerprint density at radius 3 is 2.57 bits per heavy atom. The van der Waals surface area contributed by atoms with Crippen LogP contribution in [-0.4, -0.2) is 15.4 Å². The van der Waals surface area contributed by atoms with Crippen molar-refractivity contribution in [2.75, 3.05) is 0 Å². The van der Waals surface area contributed by atoms with Crippen molar-refractivity contribution < 1.29 is 0 Å². The van der Waals surface area contributed by atoms with E-state index in [0.29, 0.717) is 0 Å². The third-order valence-corrected chi connectivity index (χ3v) is 1.85. The van der Waals surface area contributed by atoms with E-state index in [1.807, 2.05) is 32.9 Å². The molecule has 0 aromatic carbocycles. The highest BCUT2D eigenvalue weighted by Gasteiger charge is 2.04. The molecule has 0 radical (unpaired) electrons. The van der Waals surface area contributed by atoms with Gasteiger partial charge in [-0.1, -0.05) is 32.1 Å². The molecule has 0 saturated carbocycles. The third-order valence-electron chi connectivity index (χ3n) is 1.85. The van der Waals surface area contributed by atoms with Gasteiger partial charge < -0.3 is 0 Å². The minimum Gasteiger partial charge on any atom is -0.135 e. The largest absolute Gasteiger partial charge is 0.135 e. The number of rotatable bonds is 0. The summed E-state index contributed by atoms with van der Waals surface area (Å²) in [7, 11) is 0. The van der Waals surface area contributed by atoms with Gasteiger partial charge in [0.2, 0.25) is 0 Å². The van der Waals surface area contributed by atoms with Gasteiger partial charge in [0.1, 0.15) is 0 Å². The molecule has 0 aliphatic heterocycles. The van der Waals surface area contributed by atoms with Crippen molar-refractivity contribution in [1.82, 2.24) is 15.4 Å². The Bertz CT molecular complexity index is 354. The molecule has 2 rings (SSSR count). The minimum absolute atomic E-state index is 0.913. The Labute approximate surface area is 84.6 Å². The summed E-state index contributed by atoms with van der Waals surface area (Å²) in [4.78, 5) is 0. The van der Waals surface area contributed by atoms with Crippen molar-refractivity contribution in [3.05, 3.63) is 29.1 Å². The van der Waals surface area contributed by atoms with Crippen LogP contribution < -0.4 is 0 Å². The third kappa shape index (κ3) is 2.25. The molecule has 0 saturated heterocycles. The quantitative estimate of drug-likeness (QED) is 0.629. The number of fused-ring (bicyclic) bond motifs is 1. The van der Waals surface area contributed by atoms with Crippen LogP contribution in [0.25, 0.3) is 12.2 Å². The van der Waals surface area contributed by atoms with Crippen molar-refractivity contribution in [1.29, 1.82) is 0 Å². The second kappa shape index (κ2) is 5.27. The molecule has 0 atom stereocenters. The van der Waals surface area contributed by atoms with E-state index in [0.717, 1.165) is 23.4 Å². The molecule has 0 fully saturated rings. The Balaban J connectivity index is 0.000000461. The zero-order chi connectivity index (χ0) is 10.4. The van der Waals surface area contributed by atoms with Crippen LogP contribution in [0.1, 0.15) is 37.2 Å². The average Bonchev–Trinajstić information content (AvgIpc) is 2.47. The zero-order valence-corrected chi connectivity index (χ0v) is 8.86. The molecule has 3 heteroatoms. The zero-order valence-electron chi connectivity index (χ0n) is 8.86. The molecule has 1 aromatic rings. The smallest absolute Gasteiger partial charge is 0.0963 e. The number of hydrogen-bond donors (Lipinski definition) is 0. The van der Waals surface area contributed by atoms with Gasteiger partial charge in [-0.25, -0.2) is 0 Å². The van der Waals surface area contributed by atoms with Gasteiger partial charge in [0.05, 0.1) is 11.4 Å². The van der Waals surface area contributed by atoms with Crippen LogP contribution in [0.15, 0.2) is 12.2 Å². The molecule has 1 heterocycles. The summed E-state index contributed by atoms with van der Waals surface area (Å²) in [5.74, 6) is 0. The number of nitrogens with zero attached hydrogens (tertiary/aromatic N) is 3. The average molecular weight is 189 g/mol. The highest BCUT2D eigenvalue weighted by Crippen LogP contribution is 2.15. The van der Waals surface area contributed by atoms with Gasteiger partial charge >= 0.3 is 0 Å². The Kier molecular flexibility index (Phi) is 3.98. The lowest BCUT2D eigenvalue weighted by molar-refractivity contribution is 0.829. The highest BCUT2D eigenvalue weighted by atomic mass is 15.3. The van der Waals surface area contributed by atoms with Crippen LogP contribution in [0, 0.1) is 6.92 Å². The fourth-order valence-electron chi connectivity index (χ4n) is 1.20. The first-order valence-corrected chi connectivity index (χ1v) is 4.91. The van der Waals surface area contributed by atoms with Crippen molar-refractivity contribution in [3.63, 3.8) is 0 Å². The maximum atomic E-state index is 3.94. The van der Waals surface area contributed by atoms with Crippen LogP contribution in [0.3, 0.4) is 0 Å². The normalized spacial score (nSPS) is 12.5. The van der Waals surface area contributed by atoms with Crippen molar-refractivity contribution in [2.24, 2.45) is 0 Å². The van der Waals surface area contributed by atoms with Crippen molar-refractivity contribution in [2.45, 2.75) is 27.2 Å². The fourth-order valence-corrected chi connectivity index (χ4v) is 1.20. The fraction of sp³-hybridized carbons (Fsp3) is 0.364. The summed E-state index contributed by atoms with van der Waals surface area (Å²) in [5.41, 5.74) is 2.93. The van der Waals surface area contributed by atoms with Crippen LogP contribution in [0.2, 0.25) is 0 Å². The molecule has 3 nitrogen and oxygen atoms in total. The van der Waals surface area contributed by atoms with E-state index in [1.54, 1.807) is 0 Å². The predicted molar refractivity (Wildman–Crippen MR) is 58.6 cm³/mol. The van der Waals surface area contributed by atoms with E-state index in [2.05, 4.69) is 27.6 Å². The summed E-state index contributed by atoms with van der Waals surface area (Å²) >= 11 is 0. The molecule has 0 amide bonds. The van der Waals surface area contributed by atoms with E-state index >= 15 is 0 Å². The Morgan fingerprint density at radius 2 is 1.79 bits per heavy atom. The molecule has 0 bridgehead atoms. The highest BCUT2D eigenvalue weighted by molar-refractivity contribution is 5.65. The molecule has 1 aliphatic rings. The molecule has 1 aliphatic carbocycles. The van der Waals surface area contributed by atoms with Gasteiger partial charge in [0.25, 0.3) is 0 Å². The molecular formula is C11H15N3. The second-order valence-corrected chi connectivity index (χ2v) is 2.71. The lowest BCUT2D eigenvalue weighted by Gasteiger charge is -1.98. The standard InChI is InChI=1S/C9H9N3.C2H6/c1-7-8-5-3-2-4-6-9(8)11-12-10-7;1-2/h3-6H,2H2,1H3;1-2H3. The predicted octanol–water partition coefficient (Wildman–Crippen LogP) is 2.64. The molecule has 0 unspecified atom stereocenters. The van der Waals surface area contributed by atoms with Crippen LogP contribution in [-0.2, 0) is 0 Å². The first-order chi connectivity index (χ1) is 6.88. The van der Waals surface area contributed by atoms with Crippen LogP contribution >= 0.6 is 0 Å². The number of hydrogen-bond acceptors (Lipinski definition) is 3. The summed E-state index contributed by atoms with van der Waals surface area (Å²) in [6.45, 7) is 5.94. The van der Waals surface area contributed by atoms with Crippen LogP contribution in [0.4, 0.5) is 0 Å². The second-order valence-electron chi connectivity index (χ2n) is 2.71. The lowest BCUT2D eigenvalue weighted by Crippen LogP contribution is -1.97. The first kappa shape index (κ1) is 10.6. The monoisotopic (exact) mass is 189 g/mol. The summed E-state index contributed by atoms with van der Waals surface area (Å²) < 4.78 is 0. The molecule has 14 heavy (non-hydrogen) atoms. The van der Waals surface area contributed by atoms with Crippen LogP contribution in [0.5, 0.6) is 0 Å². The molecule has 1 aromatic heterocycles. The molecule has 74 valence electrons. The topological polar surface area (TPSA) is 38.7 Å². The maximum Gasteiger partial charge on any atom is 0.0963 e. The number of allylic oxidation sites excluding steroid dienone is 2. The van der Waals surface area contributed by atoms with E-state index < -0.39 is 0 Å². The summed E-state index contributed by atoms with van der Waals surface area (Å²) in [6.07, 6.45) is 9.15. The van der Waals surface area contributed by atoms with Gasteiger partial charge in [-0.05, 0) is 24.6 Å². The lowest BCUT2D eigenvalue weighted by atomic mass is 10.2. The molecule has 0 N–H and O–H groups in total. The van der Waals surface area contributed by atoms with E-state index in [4.69, 9.17) is 0 Å². The SMILES string of the molecule is CC.Cc1nnnc2c1C=CCC=C2. The summed E-state index contributed by atoms with van der Waals surface area (Å²) in [5, 5.41) is 11.5. The molecular weight excluding hydrogens is 174 g/mol. The van der Waals surface area contributed by atoms with E-state index in [9.17, 15) is 0 Å². The number of aryl methyl sites for hydroxylation is 1. The van der Waals surface area contributed by atoms with Crippen molar-refractivity contribution >= 4 is 12.2 Å². The van der Waals surface area contributed by atoms with Gasteiger partial charge in [-0.3, -0.25) is 0 Å². The molecule has 0 spiro atoms. The maximum absolute atomic E-state index is 3.94. The van der Waals surface area contributed by atoms with E-state index in [-0.39, 0.29) is 0 Å². The number of aromatic nitrogens is 3. The first-order valence-electron chi connectivity index (χ1n) is 4.91. The summed E-state index contributed by atoms with van der Waals surface area (Å²) in [6, 6.07) is 0. The van der Waals surface area contributed by atoms with E-state index in [1.165, 1.54) is 0 Å². The Hall–Kier alpha value is -1.51. The van der Waals surface area contributed by atoms with Gasteiger partial charge in [0.15, 0.2) is 0 Å². The van der Waals surface area contributed by atoms with Gasteiger partial charge in [-0.2, -0.15) is 0 Å². The van der Waals surface area contributed by atoms with Gasteiger partial charge in [0, 0.05) is 5.56 Å². The van der Waals surface area contributed by atoms with Crippen molar-refractivity contribution in [3.8, 4) is 0 Å².